The van der Waals surface area contributed by atoms with Crippen LogP contribution in [0.2, 0.25) is 0 Å². The van der Waals surface area contributed by atoms with Crippen LogP contribution in [0, 0.1) is 5.41 Å². The van der Waals surface area contributed by atoms with E-state index in [9.17, 15) is 9.59 Å². The Balaban J connectivity index is 2.46. The van der Waals surface area contributed by atoms with Crippen molar-refractivity contribution in [1.29, 1.82) is 0 Å². The first kappa shape index (κ1) is 16.5. The first-order valence-electron chi connectivity index (χ1n) is 6.71. The number of hydrogen-bond donors (Lipinski definition) is 0. The molecule has 6 heteroatoms. The topological polar surface area (TPSA) is 52.6 Å². The molecule has 1 unspecified atom stereocenters. The number of halogens is 2. The molecule has 1 saturated carbocycles. The normalized spacial score (nSPS) is 21.4. The van der Waals surface area contributed by atoms with E-state index in [1.165, 1.54) is 0 Å². The van der Waals surface area contributed by atoms with E-state index in [1.54, 1.807) is 13.8 Å². The highest BCUT2D eigenvalue weighted by molar-refractivity contribution is 9.25. The predicted molar refractivity (Wildman–Crippen MR) is 85.5 cm³/mol. The number of carbonyl (C=O) groups is 2. The number of benzene rings is 1. The van der Waals surface area contributed by atoms with Crippen molar-refractivity contribution in [3.8, 4) is 0 Å². The molecule has 1 aliphatic carbocycles. The summed E-state index contributed by atoms with van der Waals surface area (Å²) in [6.07, 6.45) is 0. The summed E-state index contributed by atoms with van der Waals surface area (Å²) in [5, 5.41) is 0. The molecule has 0 bridgehead atoms. The van der Waals surface area contributed by atoms with E-state index in [4.69, 9.17) is 9.47 Å². The third-order valence-corrected chi connectivity index (χ3v) is 5.73. The molecule has 0 heterocycles. The summed E-state index contributed by atoms with van der Waals surface area (Å²) in [7, 11) is 0. The molecule has 1 aliphatic rings. The van der Waals surface area contributed by atoms with Crippen LogP contribution in [0.4, 0.5) is 0 Å². The third kappa shape index (κ3) is 2.42. The van der Waals surface area contributed by atoms with E-state index < -0.39 is 20.6 Å². The number of hydrogen-bond acceptors (Lipinski definition) is 4. The van der Waals surface area contributed by atoms with Gasteiger partial charge in [0.15, 0.2) is 5.41 Å². The van der Waals surface area contributed by atoms with Gasteiger partial charge in [-0.05, 0) is 19.4 Å². The molecule has 1 atom stereocenters. The van der Waals surface area contributed by atoms with Crippen LogP contribution in [0.25, 0.3) is 0 Å². The average molecular weight is 420 g/mol. The minimum absolute atomic E-state index is 0.206. The van der Waals surface area contributed by atoms with E-state index >= 15 is 0 Å². The van der Waals surface area contributed by atoms with Crippen molar-refractivity contribution in [3.63, 3.8) is 0 Å². The fourth-order valence-electron chi connectivity index (χ4n) is 2.59. The van der Waals surface area contributed by atoms with Gasteiger partial charge >= 0.3 is 11.9 Å². The second kappa shape index (κ2) is 6.08. The Bertz CT molecular complexity index is 524. The van der Waals surface area contributed by atoms with Gasteiger partial charge < -0.3 is 9.47 Å². The van der Waals surface area contributed by atoms with Crippen LogP contribution in [0.3, 0.4) is 0 Å². The third-order valence-electron chi connectivity index (χ3n) is 3.57. The van der Waals surface area contributed by atoms with E-state index in [-0.39, 0.29) is 19.1 Å². The van der Waals surface area contributed by atoms with Gasteiger partial charge in [0.2, 0.25) is 0 Å². The fourth-order valence-corrected chi connectivity index (χ4v) is 4.68. The molecule has 1 fully saturated rings. The Hall–Kier alpha value is -0.880. The minimum Gasteiger partial charge on any atom is -0.465 e. The zero-order valence-electron chi connectivity index (χ0n) is 11.8. The molecule has 1 aromatic carbocycles. The van der Waals surface area contributed by atoms with Gasteiger partial charge in [-0.2, -0.15) is 0 Å². The highest BCUT2D eigenvalue weighted by Crippen LogP contribution is 2.76. The average Bonchev–Trinajstić information content (AvgIpc) is 2.98. The van der Waals surface area contributed by atoms with Crippen molar-refractivity contribution >= 4 is 43.8 Å². The van der Waals surface area contributed by atoms with Gasteiger partial charge in [-0.25, -0.2) is 0 Å². The molecule has 0 N–H and O–H groups in total. The van der Waals surface area contributed by atoms with E-state index in [0.29, 0.717) is 0 Å². The molecule has 0 saturated heterocycles. The van der Waals surface area contributed by atoms with Crippen molar-refractivity contribution in [2.24, 2.45) is 5.41 Å². The van der Waals surface area contributed by atoms with Crippen molar-refractivity contribution in [3.05, 3.63) is 35.9 Å². The lowest BCUT2D eigenvalue weighted by Crippen LogP contribution is -2.35. The number of esters is 2. The monoisotopic (exact) mass is 418 g/mol. The van der Waals surface area contributed by atoms with Crippen LogP contribution >= 0.6 is 31.9 Å². The highest BCUT2D eigenvalue weighted by atomic mass is 79.9. The summed E-state index contributed by atoms with van der Waals surface area (Å²) in [6.45, 7) is 3.83. The number of alkyl halides is 2. The molecule has 1 aromatic rings. The van der Waals surface area contributed by atoms with Crippen molar-refractivity contribution < 1.29 is 19.1 Å². The lowest BCUT2D eigenvalue weighted by molar-refractivity contribution is -0.164. The number of rotatable bonds is 5. The van der Waals surface area contributed by atoms with Crippen LogP contribution in [0.5, 0.6) is 0 Å². The Morgan fingerprint density at radius 3 is 1.95 bits per heavy atom. The molecular weight excluding hydrogens is 404 g/mol. The smallest absolute Gasteiger partial charge is 0.326 e. The molecule has 4 nitrogen and oxygen atoms in total. The Morgan fingerprint density at radius 1 is 1.05 bits per heavy atom. The van der Waals surface area contributed by atoms with Crippen molar-refractivity contribution in [1.82, 2.24) is 0 Å². The van der Waals surface area contributed by atoms with Crippen LogP contribution in [0.1, 0.15) is 25.3 Å². The van der Waals surface area contributed by atoms with Crippen LogP contribution in [-0.2, 0) is 19.1 Å². The maximum Gasteiger partial charge on any atom is 0.326 e. The standard InChI is InChI=1S/C15H16Br2O4/c1-3-20-12(18)14(13(19)21-4-2)11(15(14,16)17)10-8-6-5-7-9-10/h5-9,11H,3-4H2,1-2H3. The molecule has 21 heavy (non-hydrogen) atoms. The lowest BCUT2D eigenvalue weighted by Gasteiger charge is -2.15. The SMILES string of the molecule is CCOC(=O)C1(C(=O)OCC)C(c2ccccc2)C1(Br)Br. The summed E-state index contributed by atoms with van der Waals surface area (Å²) < 4.78 is 9.35. The largest absolute Gasteiger partial charge is 0.465 e. The zero-order chi connectivity index (χ0) is 15.7. The summed E-state index contributed by atoms with van der Waals surface area (Å²) in [6, 6.07) is 9.37. The minimum atomic E-state index is -1.40. The van der Waals surface area contributed by atoms with Gasteiger partial charge in [0.1, 0.15) is 3.23 Å². The first-order chi connectivity index (χ1) is 9.94. The van der Waals surface area contributed by atoms with E-state index in [1.807, 2.05) is 30.3 Å². The van der Waals surface area contributed by atoms with Gasteiger partial charge in [0, 0.05) is 5.92 Å². The van der Waals surface area contributed by atoms with Gasteiger partial charge in [0.25, 0.3) is 0 Å². The second-order valence-electron chi connectivity index (χ2n) is 4.72. The fraction of sp³-hybridized carbons (Fsp3) is 0.467. The quantitative estimate of drug-likeness (QED) is 0.417. The summed E-state index contributed by atoms with van der Waals surface area (Å²) in [4.78, 5) is 24.9. The summed E-state index contributed by atoms with van der Waals surface area (Å²) in [5.74, 6) is -1.54. The zero-order valence-corrected chi connectivity index (χ0v) is 14.9. The molecule has 2 rings (SSSR count). The van der Waals surface area contributed by atoms with Crippen LogP contribution < -0.4 is 0 Å². The van der Waals surface area contributed by atoms with Crippen LogP contribution in [-0.4, -0.2) is 28.4 Å². The molecule has 0 aliphatic heterocycles. The summed E-state index contributed by atoms with van der Waals surface area (Å²) >= 11 is 6.94. The Labute approximate surface area is 140 Å². The van der Waals surface area contributed by atoms with Crippen molar-refractivity contribution in [2.45, 2.75) is 23.0 Å². The van der Waals surface area contributed by atoms with E-state index in [0.717, 1.165) is 5.56 Å². The maximum absolute atomic E-state index is 12.5. The van der Waals surface area contributed by atoms with Gasteiger partial charge in [-0.1, -0.05) is 62.2 Å². The van der Waals surface area contributed by atoms with Crippen LogP contribution in [0.15, 0.2) is 30.3 Å². The molecular formula is C15H16Br2O4. The second-order valence-corrected chi connectivity index (χ2v) is 8.28. The Kier molecular flexibility index (Phi) is 4.78. The molecule has 0 radical (unpaired) electrons. The van der Waals surface area contributed by atoms with Crippen molar-refractivity contribution in [2.75, 3.05) is 13.2 Å². The molecule has 0 amide bonds. The van der Waals surface area contributed by atoms with Gasteiger partial charge in [-0.15, -0.1) is 0 Å². The molecule has 0 spiro atoms. The lowest BCUT2D eigenvalue weighted by atomic mass is 9.99. The molecule has 114 valence electrons. The van der Waals surface area contributed by atoms with Gasteiger partial charge in [-0.3, -0.25) is 9.59 Å². The molecule has 0 aromatic heterocycles. The maximum atomic E-state index is 12.5. The van der Waals surface area contributed by atoms with Gasteiger partial charge in [0.05, 0.1) is 13.2 Å². The number of carbonyl (C=O) groups excluding carboxylic acids is 2. The Morgan fingerprint density at radius 2 is 1.52 bits per heavy atom. The summed E-state index contributed by atoms with van der Waals surface area (Å²) in [5.41, 5.74) is -0.534. The highest BCUT2D eigenvalue weighted by Gasteiger charge is 2.85. The predicted octanol–water partition coefficient (Wildman–Crippen LogP) is 3.38. The first-order valence-corrected chi connectivity index (χ1v) is 8.30. The van der Waals surface area contributed by atoms with E-state index in [2.05, 4.69) is 31.9 Å². The number of ether oxygens (including phenoxy) is 2.